The van der Waals surface area contributed by atoms with Gasteiger partial charge in [0, 0.05) is 19.1 Å². The number of carbonyl (C=O) groups is 1. The first-order chi connectivity index (χ1) is 7.36. The lowest BCUT2D eigenvalue weighted by Crippen LogP contribution is -2.40. The first-order valence-electron chi connectivity index (χ1n) is 5.29. The van der Waals surface area contributed by atoms with Crippen molar-refractivity contribution in [3.63, 3.8) is 0 Å². The molecule has 0 aromatic rings. The van der Waals surface area contributed by atoms with Gasteiger partial charge in [-0.1, -0.05) is 6.58 Å². The second-order valence-electron chi connectivity index (χ2n) is 4.22. The van der Waals surface area contributed by atoms with Crippen molar-refractivity contribution >= 4 is 15.9 Å². The number of hydrogen-bond donors (Lipinski definition) is 1. The van der Waals surface area contributed by atoms with Crippen molar-refractivity contribution in [3.8, 4) is 0 Å². The van der Waals surface area contributed by atoms with Crippen LogP contribution in [0.3, 0.4) is 0 Å². The van der Waals surface area contributed by atoms with E-state index in [0.29, 0.717) is 13.0 Å². The number of hydrogen-bond acceptors (Lipinski definition) is 3. The second kappa shape index (κ2) is 4.97. The molecule has 1 atom stereocenters. The highest BCUT2D eigenvalue weighted by molar-refractivity contribution is 7.90. The Bertz CT molecular complexity index is 376. The summed E-state index contributed by atoms with van der Waals surface area (Å²) in [7, 11) is -3.31. The molecule has 1 fully saturated rings. The summed E-state index contributed by atoms with van der Waals surface area (Å²) in [5, 5.41) is -0.501. The quantitative estimate of drug-likeness (QED) is 0.715. The maximum Gasteiger partial charge on any atom is 0.245 e. The van der Waals surface area contributed by atoms with E-state index in [4.69, 9.17) is 0 Å². The maximum atomic E-state index is 11.8. The van der Waals surface area contributed by atoms with E-state index in [-0.39, 0.29) is 18.5 Å². The lowest BCUT2D eigenvalue weighted by Gasteiger charge is -2.16. The number of nitrogens with one attached hydrogen (secondary N) is 1. The average Bonchev–Trinajstić information content (AvgIpc) is 2.63. The molecule has 0 aromatic carbocycles. The fourth-order valence-corrected chi connectivity index (χ4v) is 3.38. The Labute approximate surface area is 96.6 Å². The second-order valence-corrected chi connectivity index (χ2v) is 6.21. The van der Waals surface area contributed by atoms with Crippen LogP contribution in [-0.2, 0) is 14.8 Å². The van der Waals surface area contributed by atoms with E-state index in [9.17, 15) is 13.2 Å². The normalized spacial score (nSPS) is 21.4. The van der Waals surface area contributed by atoms with Gasteiger partial charge in [0.2, 0.25) is 15.9 Å². The van der Waals surface area contributed by atoms with Gasteiger partial charge in [-0.05, 0) is 26.3 Å². The van der Waals surface area contributed by atoms with Crippen molar-refractivity contribution in [2.45, 2.75) is 31.6 Å². The van der Waals surface area contributed by atoms with Crippen molar-refractivity contribution < 1.29 is 13.2 Å². The van der Waals surface area contributed by atoms with Crippen LogP contribution in [0.25, 0.3) is 0 Å². The minimum Gasteiger partial charge on any atom is -0.338 e. The number of likely N-dealkylation sites (tertiary alicyclic amines) is 1. The molecule has 0 radical (unpaired) electrons. The molecule has 0 saturated carbocycles. The maximum absolute atomic E-state index is 11.8. The Balaban J connectivity index is 2.66. The Hall–Kier alpha value is -0.880. The zero-order valence-electron chi connectivity index (χ0n) is 9.64. The standard InChI is InChI=1S/C10H18N2O3S/c1-4-10(13)12-6-5-9(7-12)16(14,15)11-8(2)3/h4,8-9,11H,1,5-7H2,2-3H3/t9-/m0/s1. The summed E-state index contributed by atoms with van der Waals surface area (Å²) in [6.45, 7) is 7.68. The molecule has 1 saturated heterocycles. The minimum atomic E-state index is -3.31. The number of carbonyl (C=O) groups excluding carboxylic acids is 1. The fraction of sp³-hybridized carbons (Fsp3) is 0.700. The topological polar surface area (TPSA) is 66.5 Å². The molecule has 5 nitrogen and oxygen atoms in total. The van der Waals surface area contributed by atoms with Crippen LogP contribution in [0.1, 0.15) is 20.3 Å². The largest absolute Gasteiger partial charge is 0.338 e. The van der Waals surface area contributed by atoms with Crippen LogP contribution in [0.2, 0.25) is 0 Å². The molecular weight excluding hydrogens is 228 g/mol. The van der Waals surface area contributed by atoms with Crippen LogP contribution in [0.5, 0.6) is 0 Å². The Morgan fingerprint density at radius 2 is 2.19 bits per heavy atom. The first kappa shape index (κ1) is 13.2. The zero-order valence-corrected chi connectivity index (χ0v) is 10.5. The molecule has 16 heavy (non-hydrogen) atoms. The molecule has 1 aliphatic rings. The van der Waals surface area contributed by atoms with E-state index in [0.717, 1.165) is 0 Å². The third kappa shape index (κ3) is 3.05. The lowest BCUT2D eigenvalue weighted by atomic mass is 10.4. The zero-order chi connectivity index (χ0) is 12.3. The van der Waals surface area contributed by atoms with Gasteiger partial charge in [-0.15, -0.1) is 0 Å². The van der Waals surface area contributed by atoms with Gasteiger partial charge < -0.3 is 4.90 Å². The fourth-order valence-electron chi connectivity index (χ4n) is 1.74. The summed E-state index contributed by atoms with van der Waals surface area (Å²) in [5.74, 6) is -0.206. The third-order valence-electron chi connectivity index (χ3n) is 2.47. The van der Waals surface area contributed by atoms with Crippen LogP contribution < -0.4 is 4.72 Å². The summed E-state index contributed by atoms with van der Waals surface area (Å²) in [6.07, 6.45) is 1.70. The molecular formula is C10H18N2O3S. The average molecular weight is 246 g/mol. The highest BCUT2D eigenvalue weighted by atomic mass is 32.2. The SMILES string of the molecule is C=CC(=O)N1CC[C@H](S(=O)(=O)NC(C)C)C1. The van der Waals surface area contributed by atoms with Crippen molar-refractivity contribution in [1.82, 2.24) is 9.62 Å². The molecule has 0 aromatic heterocycles. The summed E-state index contributed by atoms with van der Waals surface area (Å²) >= 11 is 0. The number of rotatable bonds is 4. The Morgan fingerprint density at radius 3 is 2.69 bits per heavy atom. The van der Waals surface area contributed by atoms with Crippen LogP contribution in [0.15, 0.2) is 12.7 Å². The molecule has 1 amide bonds. The van der Waals surface area contributed by atoms with Crippen molar-refractivity contribution in [3.05, 3.63) is 12.7 Å². The van der Waals surface area contributed by atoms with E-state index in [1.165, 1.54) is 11.0 Å². The number of amides is 1. The summed E-state index contributed by atoms with van der Waals surface area (Å²) in [6, 6.07) is -0.117. The van der Waals surface area contributed by atoms with E-state index in [1.807, 2.05) is 0 Å². The predicted octanol–water partition coefficient (Wildman–Crippen LogP) is 0.101. The third-order valence-corrected chi connectivity index (χ3v) is 4.53. The molecule has 1 heterocycles. The van der Waals surface area contributed by atoms with Crippen LogP contribution >= 0.6 is 0 Å². The smallest absolute Gasteiger partial charge is 0.245 e. The van der Waals surface area contributed by atoms with Gasteiger partial charge in [-0.3, -0.25) is 4.79 Å². The molecule has 1 rings (SSSR count). The van der Waals surface area contributed by atoms with Gasteiger partial charge in [-0.25, -0.2) is 13.1 Å². The monoisotopic (exact) mass is 246 g/mol. The molecule has 6 heteroatoms. The summed E-state index contributed by atoms with van der Waals surface area (Å²) in [4.78, 5) is 12.8. The molecule has 0 unspecified atom stereocenters. The van der Waals surface area contributed by atoms with Crippen molar-refractivity contribution in [2.75, 3.05) is 13.1 Å². The molecule has 0 aliphatic carbocycles. The van der Waals surface area contributed by atoms with Crippen molar-refractivity contribution in [2.24, 2.45) is 0 Å². The molecule has 1 aliphatic heterocycles. The van der Waals surface area contributed by atoms with E-state index < -0.39 is 15.3 Å². The van der Waals surface area contributed by atoms with Gasteiger partial charge >= 0.3 is 0 Å². The van der Waals surface area contributed by atoms with E-state index in [2.05, 4.69) is 11.3 Å². The Kier molecular flexibility index (Phi) is 4.09. The van der Waals surface area contributed by atoms with Crippen LogP contribution in [-0.4, -0.2) is 43.6 Å². The minimum absolute atomic E-state index is 0.117. The summed E-state index contributed by atoms with van der Waals surface area (Å²) < 4.78 is 26.2. The van der Waals surface area contributed by atoms with E-state index >= 15 is 0 Å². The molecule has 0 spiro atoms. The van der Waals surface area contributed by atoms with Crippen LogP contribution in [0, 0.1) is 0 Å². The lowest BCUT2D eigenvalue weighted by molar-refractivity contribution is -0.124. The molecule has 0 bridgehead atoms. The molecule has 92 valence electrons. The number of sulfonamides is 1. The highest BCUT2D eigenvalue weighted by Crippen LogP contribution is 2.16. The first-order valence-corrected chi connectivity index (χ1v) is 6.84. The van der Waals surface area contributed by atoms with E-state index in [1.54, 1.807) is 13.8 Å². The Morgan fingerprint density at radius 1 is 1.56 bits per heavy atom. The van der Waals surface area contributed by atoms with Gasteiger partial charge in [-0.2, -0.15) is 0 Å². The van der Waals surface area contributed by atoms with Gasteiger partial charge in [0.25, 0.3) is 0 Å². The van der Waals surface area contributed by atoms with Crippen molar-refractivity contribution in [1.29, 1.82) is 0 Å². The van der Waals surface area contributed by atoms with Gasteiger partial charge in [0.05, 0.1) is 5.25 Å². The van der Waals surface area contributed by atoms with Gasteiger partial charge in [0.1, 0.15) is 0 Å². The van der Waals surface area contributed by atoms with Crippen LogP contribution in [0.4, 0.5) is 0 Å². The number of nitrogens with zero attached hydrogens (tertiary/aromatic N) is 1. The van der Waals surface area contributed by atoms with Gasteiger partial charge in [0.15, 0.2) is 0 Å². The molecule has 1 N–H and O–H groups in total. The highest BCUT2D eigenvalue weighted by Gasteiger charge is 2.34. The predicted molar refractivity (Wildman–Crippen MR) is 62.4 cm³/mol. The summed E-state index contributed by atoms with van der Waals surface area (Å²) in [5.41, 5.74) is 0.